The molecule has 4 rings (SSSR count). The highest BCUT2D eigenvalue weighted by Crippen LogP contribution is 2.34. The molecule has 0 aromatic heterocycles. The standard InChI is InChI=1S/C30H33NO3/c1-4-31(5-2)18-19-34-27-12-6-22(7-13-27)20-30-28(23-8-14-26(33-3)15-9-23)16-10-24-21-25(32)11-17-29(24)30/h6-17,21,32H,4-5,18-20H2,1-3H3. The van der Waals surface area contributed by atoms with Gasteiger partial charge in [0, 0.05) is 6.54 Å². The largest absolute Gasteiger partial charge is 0.508 e. The third-order valence-electron chi connectivity index (χ3n) is 6.39. The highest BCUT2D eigenvalue weighted by atomic mass is 16.5. The number of hydrogen-bond donors (Lipinski definition) is 1. The minimum absolute atomic E-state index is 0.280. The molecule has 0 fully saturated rings. The van der Waals surface area contributed by atoms with Crippen molar-refractivity contribution in [2.45, 2.75) is 20.3 Å². The van der Waals surface area contributed by atoms with Crippen LogP contribution in [0, 0.1) is 0 Å². The molecule has 1 N–H and O–H groups in total. The lowest BCUT2D eigenvalue weighted by atomic mass is 9.90. The van der Waals surface area contributed by atoms with Crippen molar-refractivity contribution in [3.05, 3.63) is 90.0 Å². The number of hydrogen-bond acceptors (Lipinski definition) is 4. The van der Waals surface area contributed by atoms with Gasteiger partial charge >= 0.3 is 0 Å². The Labute approximate surface area is 202 Å². The zero-order valence-electron chi connectivity index (χ0n) is 20.3. The Morgan fingerprint density at radius 2 is 1.50 bits per heavy atom. The SMILES string of the molecule is CCN(CC)CCOc1ccc(Cc2c(-c3ccc(OC)cc3)ccc3cc(O)ccc23)cc1. The second-order valence-corrected chi connectivity index (χ2v) is 8.42. The van der Waals surface area contributed by atoms with Crippen LogP contribution in [-0.2, 0) is 6.42 Å². The number of phenols is 1. The highest BCUT2D eigenvalue weighted by Gasteiger charge is 2.12. The third kappa shape index (κ3) is 5.52. The van der Waals surface area contributed by atoms with E-state index in [0.29, 0.717) is 6.61 Å². The van der Waals surface area contributed by atoms with Gasteiger partial charge in [-0.15, -0.1) is 0 Å². The van der Waals surface area contributed by atoms with Gasteiger partial charge in [-0.2, -0.15) is 0 Å². The van der Waals surface area contributed by atoms with Crippen LogP contribution in [-0.4, -0.2) is 43.4 Å². The molecule has 4 aromatic carbocycles. The number of methoxy groups -OCH3 is 1. The average Bonchev–Trinajstić information content (AvgIpc) is 2.87. The van der Waals surface area contributed by atoms with E-state index in [2.05, 4.69) is 67.3 Å². The first-order valence-corrected chi connectivity index (χ1v) is 11.9. The summed E-state index contributed by atoms with van der Waals surface area (Å²) in [6.07, 6.45) is 0.781. The van der Waals surface area contributed by atoms with E-state index in [1.165, 1.54) is 16.7 Å². The molecule has 0 bridgehead atoms. The molecule has 0 saturated carbocycles. The summed E-state index contributed by atoms with van der Waals surface area (Å²) in [7, 11) is 1.68. The summed E-state index contributed by atoms with van der Waals surface area (Å²) in [5, 5.41) is 12.2. The monoisotopic (exact) mass is 455 g/mol. The Bertz CT molecular complexity index is 1210. The van der Waals surface area contributed by atoms with E-state index in [0.717, 1.165) is 53.9 Å². The molecular weight excluding hydrogens is 422 g/mol. The van der Waals surface area contributed by atoms with Crippen molar-refractivity contribution >= 4 is 10.8 Å². The molecule has 0 aliphatic carbocycles. The summed E-state index contributed by atoms with van der Waals surface area (Å²) in [6.45, 7) is 8.05. The first kappa shape index (κ1) is 23.7. The lowest BCUT2D eigenvalue weighted by Gasteiger charge is -2.18. The van der Waals surface area contributed by atoms with Gasteiger partial charge in [-0.3, -0.25) is 0 Å². The normalized spacial score (nSPS) is 11.2. The van der Waals surface area contributed by atoms with E-state index in [9.17, 15) is 5.11 Å². The van der Waals surface area contributed by atoms with Gasteiger partial charge in [-0.1, -0.05) is 56.3 Å². The maximum Gasteiger partial charge on any atom is 0.119 e. The molecule has 4 heteroatoms. The first-order valence-electron chi connectivity index (χ1n) is 11.9. The van der Waals surface area contributed by atoms with Crippen molar-refractivity contribution in [3.8, 4) is 28.4 Å². The number of benzene rings is 4. The summed E-state index contributed by atoms with van der Waals surface area (Å²) in [5.41, 5.74) is 4.77. The minimum atomic E-state index is 0.280. The van der Waals surface area contributed by atoms with Gasteiger partial charge in [0.25, 0.3) is 0 Å². The van der Waals surface area contributed by atoms with E-state index in [4.69, 9.17) is 9.47 Å². The maximum atomic E-state index is 9.99. The summed E-state index contributed by atoms with van der Waals surface area (Å²) in [4.78, 5) is 2.35. The van der Waals surface area contributed by atoms with Crippen molar-refractivity contribution < 1.29 is 14.6 Å². The van der Waals surface area contributed by atoms with Crippen LogP contribution in [0.3, 0.4) is 0 Å². The molecule has 0 heterocycles. The van der Waals surface area contributed by atoms with Gasteiger partial charge in [0.1, 0.15) is 23.9 Å². The number of fused-ring (bicyclic) bond motifs is 1. The number of rotatable bonds is 10. The van der Waals surface area contributed by atoms with Crippen LogP contribution in [0.4, 0.5) is 0 Å². The Balaban J connectivity index is 1.61. The van der Waals surface area contributed by atoms with E-state index in [1.807, 2.05) is 24.3 Å². The van der Waals surface area contributed by atoms with Crippen molar-refractivity contribution in [1.82, 2.24) is 4.90 Å². The zero-order valence-corrected chi connectivity index (χ0v) is 20.3. The molecule has 4 nitrogen and oxygen atoms in total. The number of nitrogens with zero attached hydrogens (tertiary/aromatic N) is 1. The molecule has 0 aliphatic heterocycles. The number of aromatic hydroxyl groups is 1. The van der Waals surface area contributed by atoms with E-state index in [-0.39, 0.29) is 5.75 Å². The fraction of sp³-hybridized carbons (Fsp3) is 0.267. The van der Waals surface area contributed by atoms with Crippen LogP contribution in [0.2, 0.25) is 0 Å². The molecule has 0 amide bonds. The topological polar surface area (TPSA) is 41.9 Å². The van der Waals surface area contributed by atoms with Crippen molar-refractivity contribution in [3.63, 3.8) is 0 Å². The Morgan fingerprint density at radius 1 is 0.794 bits per heavy atom. The molecule has 34 heavy (non-hydrogen) atoms. The minimum Gasteiger partial charge on any atom is -0.508 e. The van der Waals surface area contributed by atoms with Crippen LogP contribution in [0.5, 0.6) is 17.2 Å². The van der Waals surface area contributed by atoms with Gasteiger partial charge in [-0.05, 0) is 88.9 Å². The van der Waals surface area contributed by atoms with Crippen LogP contribution in [0.1, 0.15) is 25.0 Å². The third-order valence-corrected chi connectivity index (χ3v) is 6.39. The predicted octanol–water partition coefficient (Wildman–Crippen LogP) is 6.53. The molecule has 0 saturated heterocycles. The molecule has 0 radical (unpaired) electrons. The van der Waals surface area contributed by atoms with E-state index >= 15 is 0 Å². The summed E-state index contributed by atoms with van der Waals surface area (Å²) in [5.74, 6) is 2.02. The van der Waals surface area contributed by atoms with Crippen LogP contribution >= 0.6 is 0 Å². The maximum absolute atomic E-state index is 9.99. The molecular formula is C30H33NO3. The van der Waals surface area contributed by atoms with Gasteiger partial charge in [0.05, 0.1) is 7.11 Å². The number of likely N-dealkylation sites (N-methyl/N-ethyl adjacent to an activating group) is 1. The first-order chi connectivity index (χ1) is 16.6. The molecule has 4 aromatic rings. The van der Waals surface area contributed by atoms with Crippen LogP contribution in [0.15, 0.2) is 78.9 Å². The Hall–Kier alpha value is -3.50. The molecule has 0 atom stereocenters. The van der Waals surface area contributed by atoms with E-state index < -0.39 is 0 Å². The van der Waals surface area contributed by atoms with Crippen LogP contribution < -0.4 is 9.47 Å². The lowest BCUT2D eigenvalue weighted by Crippen LogP contribution is -2.27. The molecule has 0 spiro atoms. The highest BCUT2D eigenvalue weighted by molar-refractivity contribution is 5.93. The van der Waals surface area contributed by atoms with Crippen molar-refractivity contribution in [2.75, 3.05) is 33.4 Å². The Morgan fingerprint density at radius 3 is 2.18 bits per heavy atom. The molecule has 0 unspecified atom stereocenters. The summed E-state index contributed by atoms with van der Waals surface area (Å²) >= 11 is 0. The lowest BCUT2D eigenvalue weighted by molar-refractivity contribution is 0.223. The second kappa shape index (κ2) is 11.1. The average molecular weight is 456 g/mol. The predicted molar refractivity (Wildman–Crippen MR) is 140 cm³/mol. The summed E-state index contributed by atoms with van der Waals surface area (Å²) in [6, 6.07) is 26.4. The van der Waals surface area contributed by atoms with Gasteiger partial charge in [0.2, 0.25) is 0 Å². The van der Waals surface area contributed by atoms with Crippen molar-refractivity contribution in [2.24, 2.45) is 0 Å². The molecule has 0 aliphatic rings. The fourth-order valence-electron chi connectivity index (χ4n) is 4.35. The fourth-order valence-corrected chi connectivity index (χ4v) is 4.35. The van der Waals surface area contributed by atoms with Gasteiger partial charge in [0.15, 0.2) is 0 Å². The molecule has 176 valence electrons. The van der Waals surface area contributed by atoms with Gasteiger partial charge in [-0.25, -0.2) is 0 Å². The number of phenolic OH excluding ortho intramolecular Hbond substituents is 1. The summed E-state index contributed by atoms with van der Waals surface area (Å²) < 4.78 is 11.3. The zero-order chi connectivity index (χ0) is 23.9. The number of ether oxygens (including phenoxy) is 2. The smallest absolute Gasteiger partial charge is 0.119 e. The quantitative estimate of drug-likeness (QED) is 0.295. The van der Waals surface area contributed by atoms with Gasteiger partial charge < -0.3 is 19.5 Å². The second-order valence-electron chi connectivity index (χ2n) is 8.42. The Kier molecular flexibility index (Phi) is 7.71. The van der Waals surface area contributed by atoms with Crippen molar-refractivity contribution in [1.29, 1.82) is 0 Å². The van der Waals surface area contributed by atoms with Crippen LogP contribution in [0.25, 0.3) is 21.9 Å². The van der Waals surface area contributed by atoms with E-state index in [1.54, 1.807) is 13.2 Å².